The van der Waals surface area contributed by atoms with Gasteiger partial charge in [-0.1, -0.05) is 194 Å². The zero-order chi connectivity index (χ0) is 45.3. The summed E-state index contributed by atoms with van der Waals surface area (Å²) in [6.45, 7) is 24.7. The fourth-order valence-electron chi connectivity index (χ4n) is 6.92. The Kier molecular flexibility index (Phi) is 21.9. The summed E-state index contributed by atoms with van der Waals surface area (Å²) < 4.78 is 2.35. The largest absolute Gasteiger partial charge is 0.324 e. The van der Waals surface area contributed by atoms with Gasteiger partial charge in [-0.05, 0) is 104 Å². The molecule has 1 aliphatic carbocycles. The van der Waals surface area contributed by atoms with Crippen molar-refractivity contribution in [1.29, 1.82) is 0 Å². The molecule has 0 saturated carbocycles. The van der Waals surface area contributed by atoms with Gasteiger partial charge in [0.15, 0.2) is 0 Å². The Balaban J connectivity index is 0.000000386. The molecule has 0 atom stereocenters. The molecule has 3 N–H and O–H groups in total. The van der Waals surface area contributed by atoms with Crippen molar-refractivity contribution >= 4 is 50.0 Å². The second-order valence-corrected chi connectivity index (χ2v) is 13.6. The van der Waals surface area contributed by atoms with E-state index in [1.54, 1.807) is 0 Å². The number of rotatable bonds is 4. The number of nitrogens with zero attached hydrogens (tertiary/aromatic N) is 2. The normalized spacial score (nSPS) is 13.4. The lowest BCUT2D eigenvalue weighted by Crippen LogP contribution is -2.13. The first kappa shape index (κ1) is 49.7. The first-order valence-corrected chi connectivity index (χ1v) is 22.5. The van der Waals surface area contributed by atoms with Crippen molar-refractivity contribution in [2.75, 3.05) is 10.3 Å². The van der Waals surface area contributed by atoms with E-state index in [1.165, 1.54) is 45.8 Å². The summed E-state index contributed by atoms with van der Waals surface area (Å²) in [5.41, 5.74) is 16.3. The minimum absolute atomic E-state index is 0.847. The van der Waals surface area contributed by atoms with E-state index in [0.29, 0.717) is 0 Å². The maximum Gasteiger partial charge on any atom is 0.0547 e. The summed E-state index contributed by atoms with van der Waals surface area (Å²) in [7, 11) is 0. The molecule has 0 spiro atoms. The second-order valence-electron chi connectivity index (χ2n) is 13.6. The number of benzene rings is 6. The maximum absolute atomic E-state index is 5.73. The highest BCUT2D eigenvalue weighted by Gasteiger charge is 2.18. The van der Waals surface area contributed by atoms with E-state index >= 15 is 0 Å². The first-order valence-electron chi connectivity index (χ1n) is 22.5. The van der Waals surface area contributed by atoms with E-state index in [2.05, 4.69) is 187 Å². The number of nitrogens with one attached hydrogen (secondary N) is 1. The van der Waals surface area contributed by atoms with Crippen molar-refractivity contribution < 1.29 is 0 Å². The van der Waals surface area contributed by atoms with Crippen LogP contribution in [0.3, 0.4) is 0 Å². The quantitative estimate of drug-likeness (QED) is 0.137. The third-order valence-electron chi connectivity index (χ3n) is 9.72. The third kappa shape index (κ3) is 13.2. The fourth-order valence-corrected chi connectivity index (χ4v) is 6.92. The molecule has 2 heterocycles. The number of hydrogen-bond donors (Lipinski definition) is 2. The van der Waals surface area contributed by atoms with Gasteiger partial charge < -0.3 is 14.9 Å². The average Bonchev–Trinajstić information content (AvgIpc) is 3.68. The molecule has 0 saturated heterocycles. The number of hydrogen-bond acceptors (Lipinski definition) is 3. The molecule has 9 rings (SSSR count). The lowest BCUT2D eigenvalue weighted by Gasteiger charge is -2.26. The molecule has 2 aliphatic rings. The van der Waals surface area contributed by atoms with Gasteiger partial charge in [-0.3, -0.25) is 5.84 Å². The van der Waals surface area contributed by atoms with E-state index in [1.807, 2.05) is 91.8 Å². The van der Waals surface area contributed by atoms with Crippen molar-refractivity contribution in [3.63, 3.8) is 0 Å². The molecule has 0 amide bonds. The predicted octanol–water partition coefficient (Wildman–Crippen LogP) is 17.2. The van der Waals surface area contributed by atoms with Crippen molar-refractivity contribution in [1.82, 2.24) is 4.57 Å². The Bertz CT molecular complexity index is 2520. The van der Waals surface area contributed by atoms with Gasteiger partial charge in [-0.2, -0.15) is 0 Å². The lowest BCUT2D eigenvalue weighted by atomic mass is 9.96. The molecule has 7 aromatic rings. The number of para-hydroxylation sites is 3. The van der Waals surface area contributed by atoms with Crippen LogP contribution in [-0.4, -0.2) is 4.57 Å². The van der Waals surface area contributed by atoms with Gasteiger partial charge in [-0.25, -0.2) is 0 Å². The van der Waals surface area contributed by atoms with Gasteiger partial charge in [-0.15, -0.1) is 0 Å². The van der Waals surface area contributed by atoms with Crippen LogP contribution in [-0.2, 0) is 0 Å². The summed E-state index contributed by atoms with van der Waals surface area (Å²) >= 11 is 0. The van der Waals surface area contributed by atoms with Crippen molar-refractivity contribution in [2.24, 2.45) is 5.84 Å². The van der Waals surface area contributed by atoms with Crippen molar-refractivity contribution in [3.8, 4) is 5.69 Å². The lowest BCUT2D eigenvalue weighted by molar-refractivity contribution is 0.962. The number of nitrogens with two attached hydrogens (primary N) is 1. The molecule has 0 bridgehead atoms. The molecule has 62 heavy (non-hydrogen) atoms. The van der Waals surface area contributed by atoms with Gasteiger partial charge >= 0.3 is 0 Å². The zero-order valence-corrected chi connectivity index (χ0v) is 39.0. The number of aromatic nitrogens is 1. The molecule has 4 heteroatoms. The molecule has 6 aromatic carbocycles. The predicted molar refractivity (Wildman–Crippen MR) is 278 cm³/mol. The van der Waals surface area contributed by atoms with Gasteiger partial charge in [0.2, 0.25) is 0 Å². The topological polar surface area (TPSA) is 46.2 Å². The molecule has 0 fully saturated rings. The Hall–Kier alpha value is -6.62. The van der Waals surface area contributed by atoms with Gasteiger partial charge in [0.1, 0.15) is 0 Å². The van der Waals surface area contributed by atoms with Gasteiger partial charge in [0, 0.05) is 33.9 Å². The fraction of sp³-hybridized carbons (Fsp3) is 0.207. The van der Waals surface area contributed by atoms with Gasteiger partial charge in [0.05, 0.1) is 22.4 Å². The van der Waals surface area contributed by atoms with E-state index in [-0.39, 0.29) is 0 Å². The summed E-state index contributed by atoms with van der Waals surface area (Å²) in [6, 6.07) is 52.6. The second kappa shape index (κ2) is 27.3. The van der Waals surface area contributed by atoms with Crippen LogP contribution in [0.5, 0.6) is 0 Å². The number of nitrogen functional groups attached to an aromatic ring is 1. The van der Waals surface area contributed by atoms with Crippen LogP contribution < -0.4 is 16.2 Å². The van der Waals surface area contributed by atoms with Crippen LogP contribution >= 0.6 is 0 Å². The number of hydrazine groups is 1. The molecular weight excluding hydrogens is 753 g/mol. The highest BCUT2D eigenvalue weighted by Crippen LogP contribution is 2.39. The number of aryl methyl sites for hydroxylation is 1. The minimum atomic E-state index is 0.847. The Morgan fingerprint density at radius 2 is 1.21 bits per heavy atom. The summed E-state index contributed by atoms with van der Waals surface area (Å²) in [5, 5.41) is 2.48. The summed E-state index contributed by atoms with van der Waals surface area (Å²) in [6.07, 6.45) is 15.5. The van der Waals surface area contributed by atoms with Gasteiger partial charge in [0.25, 0.3) is 0 Å². The molecule has 4 nitrogen and oxygen atoms in total. The molecule has 0 radical (unpaired) electrons. The molecule has 0 unspecified atom stereocenters. The monoisotopic (exact) mass is 823 g/mol. The van der Waals surface area contributed by atoms with Crippen LogP contribution in [0.15, 0.2) is 200 Å². The highest BCUT2D eigenvalue weighted by molar-refractivity contribution is 6.10. The highest BCUT2D eigenvalue weighted by atomic mass is 15.2. The smallest absolute Gasteiger partial charge is 0.0547 e. The number of anilines is 3. The maximum atomic E-state index is 5.73. The standard InChI is InChI=1S/C36H28N4.C7H10.C7H8.4C2H6/c1-25-22-27(20-21-39(34-16-7-5-14-31(25)34)30-13-9-10-28(24-30)38-37)26-18-19-33-32-15-6-8-17-35(32)40(36(33)23-26)29-11-3-2-4-12-29;2*1-7-5-3-2-4-6-7;4*1-2/h2-24,38H,1,37H2;2-3,5H,4,6H2,1H3;2-6H,1H3;4*1-2H3/b21-20-,27-22+;;;;;;. The number of fused-ring (bicyclic) bond motifs is 4. The van der Waals surface area contributed by atoms with Crippen LogP contribution in [0.4, 0.5) is 17.1 Å². The Labute approximate surface area is 374 Å². The van der Waals surface area contributed by atoms with Crippen molar-refractivity contribution in [2.45, 2.75) is 82.1 Å². The van der Waals surface area contributed by atoms with Crippen LogP contribution in [0.2, 0.25) is 0 Å². The third-order valence-corrected chi connectivity index (χ3v) is 9.72. The van der Waals surface area contributed by atoms with Crippen LogP contribution in [0.25, 0.3) is 38.6 Å². The Morgan fingerprint density at radius 1 is 0.597 bits per heavy atom. The first-order chi connectivity index (χ1) is 30.5. The van der Waals surface area contributed by atoms with E-state index in [9.17, 15) is 0 Å². The summed E-state index contributed by atoms with van der Waals surface area (Å²) in [5.74, 6) is 5.73. The van der Waals surface area contributed by atoms with Crippen LogP contribution in [0, 0.1) is 6.92 Å². The summed E-state index contributed by atoms with van der Waals surface area (Å²) in [4.78, 5) is 2.19. The minimum Gasteiger partial charge on any atom is -0.324 e. The zero-order valence-electron chi connectivity index (χ0n) is 39.0. The van der Waals surface area contributed by atoms with E-state index in [4.69, 9.17) is 5.84 Å². The van der Waals surface area contributed by atoms with Crippen molar-refractivity contribution in [3.05, 3.63) is 217 Å². The molecule has 1 aromatic heterocycles. The molecular formula is C58H70N4. The Morgan fingerprint density at radius 3 is 1.82 bits per heavy atom. The average molecular weight is 823 g/mol. The molecule has 1 aliphatic heterocycles. The molecule has 322 valence electrons. The SMILES string of the molecule is C=C1/C=C(c2ccc3c4ccccc4n(-c4ccccc4)c3c2)\C=C/N(c2cccc(NN)c2)c2ccccc21.CC.CC.CC.CC.CC1=CC=CCC1.Cc1ccccc1. The van der Waals surface area contributed by atoms with Crippen LogP contribution in [0.1, 0.15) is 91.8 Å². The number of allylic oxidation sites excluding steroid dienone is 8. The van der Waals surface area contributed by atoms with E-state index < -0.39 is 0 Å². The van der Waals surface area contributed by atoms with E-state index in [0.717, 1.165) is 45.0 Å².